The van der Waals surface area contributed by atoms with Gasteiger partial charge < -0.3 is 10.1 Å². The summed E-state index contributed by atoms with van der Waals surface area (Å²) in [4.78, 5) is 8.45. The molecule has 4 nitrogen and oxygen atoms in total. The summed E-state index contributed by atoms with van der Waals surface area (Å²) in [6.07, 6.45) is 0.675. The number of rotatable bonds is 4. The highest BCUT2D eigenvalue weighted by molar-refractivity contribution is 9.10. The Labute approximate surface area is 119 Å². The molecule has 0 radical (unpaired) electrons. The Morgan fingerprint density at radius 1 is 1.32 bits per heavy atom. The van der Waals surface area contributed by atoms with Gasteiger partial charge in [-0.15, -0.1) is 0 Å². The lowest BCUT2D eigenvalue weighted by atomic mass is 10.3. The van der Waals surface area contributed by atoms with Gasteiger partial charge in [-0.2, -0.15) is 4.98 Å². The van der Waals surface area contributed by atoms with Gasteiger partial charge in [0.2, 0.25) is 5.88 Å². The second-order valence-electron chi connectivity index (χ2n) is 3.79. The molecule has 0 aliphatic carbocycles. The molecule has 0 bridgehead atoms. The maximum atomic E-state index is 13.7. The lowest BCUT2D eigenvalue weighted by Crippen LogP contribution is -2.01. The third-order valence-corrected chi connectivity index (χ3v) is 2.92. The van der Waals surface area contributed by atoms with E-state index < -0.39 is 5.82 Å². The number of benzene rings is 1. The number of nitrogens with zero attached hydrogens (tertiary/aromatic N) is 2. The van der Waals surface area contributed by atoms with Crippen molar-refractivity contribution in [3.05, 3.63) is 40.4 Å². The van der Waals surface area contributed by atoms with Gasteiger partial charge in [0.05, 0.1) is 0 Å². The molecular formula is C13H13BrFN3O. The normalized spacial score (nSPS) is 10.3. The number of ether oxygens (including phenoxy) is 1. The van der Waals surface area contributed by atoms with Gasteiger partial charge in [-0.25, -0.2) is 9.37 Å². The molecule has 0 unspecified atom stereocenters. The predicted molar refractivity (Wildman–Crippen MR) is 75.1 cm³/mol. The molecule has 0 saturated heterocycles. The van der Waals surface area contributed by atoms with E-state index in [2.05, 4.69) is 31.2 Å². The molecule has 100 valence electrons. The molecule has 0 aliphatic rings. The molecular weight excluding hydrogens is 313 g/mol. The Bertz CT molecular complexity index is 570. The Balaban J connectivity index is 2.31. The monoisotopic (exact) mass is 325 g/mol. The molecule has 1 N–H and O–H groups in total. The third kappa shape index (κ3) is 3.41. The molecule has 1 aromatic carbocycles. The van der Waals surface area contributed by atoms with E-state index in [1.165, 1.54) is 6.07 Å². The van der Waals surface area contributed by atoms with Crippen molar-refractivity contribution in [2.24, 2.45) is 0 Å². The van der Waals surface area contributed by atoms with E-state index in [1.54, 1.807) is 25.2 Å². The van der Waals surface area contributed by atoms with Gasteiger partial charge in [0.1, 0.15) is 11.6 Å². The highest BCUT2D eigenvalue weighted by atomic mass is 79.9. The van der Waals surface area contributed by atoms with Crippen molar-refractivity contribution in [1.29, 1.82) is 0 Å². The van der Waals surface area contributed by atoms with Crippen molar-refractivity contribution < 1.29 is 9.13 Å². The average molecular weight is 326 g/mol. The van der Waals surface area contributed by atoms with Crippen LogP contribution >= 0.6 is 15.9 Å². The molecule has 2 aromatic rings. The topological polar surface area (TPSA) is 47.0 Å². The summed E-state index contributed by atoms with van der Waals surface area (Å²) in [5, 5.41) is 2.92. The van der Waals surface area contributed by atoms with E-state index in [1.807, 2.05) is 6.92 Å². The minimum atomic E-state index is -0.447. The van der Waals surface area contributed by atoms with Crippen LogP contribution in [0.4, 0.5) is 10.2 Å². The Hall–Kier alpha value is -1.69. The molecule has 1 heterocycles. The van der Waals surface area contributed by atoms with E-state index >= 15 is 0 Å². The van der Waals surface area contributed by atoms with Crippen LogP contribution in [0.3, 0.4) is 0 Å². The number of aryl methyl sites for hydroxylation is 1. The minimum absolute atomic E-state index is 0.131. The van der Waals surface area contributed by atoms with Crippen LogP contribution in [0.1, 0.15) is 12.7 Å². The van der Waals surface area contributed by atoms with Crippen molar-refractivity contribution in [1.82, 2.24) is 9.97 Å². The first-order valence-electron chi connectivity index (χ1n) is 5.81. The summed E-state index contributed by atoms with van der Waals surface area (Å²) in [6.45, 7) is 1.94. The SMILES string of the molecule is CCc1nc(NC)cc(Oc2ccc(Br)cc2F)n1. The summed E-state index contributed by atoms with van der Waals surface area (Å²) in [7, 11) is 1.76. The third-order valence-electron chi connectivity index (χ3n) is 2.43. The quantitative estimate of drug-likeness (QED) is 0.929. The van der Waals surface area contributed by atoms with E-state index in [0.29, 0.717) is 28.4 Å². The van der Waals surface area contributed by atoms with E-state index in [-0.39, 0.29) is 5.75 Å². The molecule has 0 fully saturated rings. The summed E-state index contributed by atoms with van der Waals surface area (Å²) in [5.41, 5.74) is 0. The van der Waals surface area contributed by atoms with Crippen LogP contribution in [0.25, 0.3) is 0 Å². The average Bonchev–Trinajstić information content (AvgIpc) is 2.41. The minimum Gasteiger partial charge on any atom is -0.436 e. The Morgan fingerprint density at radius 3 is 2.74 bits per heavy atom. The zero-order valence-corrected chi connectivity index (χ0v) is 12.2. The fourth-order valence-corrected chi connectivity index (χ4v) is 1.82. The zero-order valence-electron chi connectivity index (χ0n) is 10.6. The van der Waals surface area contributed by atoms with Crippen molar-refractivity contribution in [3.63, 3.8) is 0 Å². The maximum absolute atomic E-state index is 13.7. The number of anilines is 1. The molecule has 0 atom stereocenters. The molecule has 0 spiro atoms. The van der Waals surface area contributed by atoms with Gasteiger partial charge in [-0.1, -0.05) is 22.9 Å². The van der Waals surface area contributed by atoms with Gasteiger partial charge in [-0.3, -0.25) is 0 Å². The number of hydrogen-bond donors (Lipinski definition) is 1. The summed E-state index contributed by atoms with van der Waals surface area (Å²) < 4.78 is 19.8. The Kier molecular flexibility index (Phi) is 4.31. The molecule has 6 heteroatoms. The van der Waals surface area contributed by atoms with Gasteiger partial charge in [0, 0.05) is 24.0 Å². The number of hydrogen-bond acceptors (Lipinski definition) is 4. The molecule has 0 amide bonds. The van der Waals surface area contributed by atoms with Crippen LogP contribution in [-0.2, 0) is 6.42 Å². The fraction of sp³-hybridized carbons (Fsp3) is 0.231. The lowest BCUT2D eigenvalue weighted by molar-refractivity contribution is 0.424. The van der Waals surface area contributed by atoms with Crippen molar-refractivity contribution in [3.8, 4) is 11.6 Å². The first-order valence-corrected chi connectivity index (χ1v) is 6.60. The second kappa shape index (κ2) is 5.97. The molecule has 0 saturated carbocycles. The number of aromatic nitrogens is 2. The van der Waals surface area contributed by atoms with Gasteiger partial charge >= 0.3 is 0 Å². The van der Waals surface area contributed by atoms with Crippen molar-refractivity contribution in [2.45, 2.75) is 13.3 Å². The van der Waals surface area contributed by atoms with Crippen molar-refractivity contribution >= 4 is 21.7 Å². The highest BCUT2D eigenvalue weighted by Crippen LogP contribution is 2.26. The van der Waals surface area contributed by atoms with Gasteiger partial charge in [0.15, 0.2) is 11.6 Å². The summed E-state index contributed by atoms with van der Waals surface area (Å²) >= 11 is 3.20. The van der Waals surface area contributed by atoms with Crippen LogP contribution < -0.4 is 10.1 Å². The fourth-order valence-electron chi connectivity index (χ4n) is 1.48. The van der Waals surface area contributed by atoms with Crippen LogP contribution in [0, 0.1) is 5.82 Å². The van der Waals surface area contributed by atoms with Gasteiger partial charge in [0.25, 0.3) is 0 Å². The smallest absolute Gasteiger partial charge is 0.224 e. The predicted octanol–water partition coefficient (Wildman–Crippen LogP) is 3.77. The lowest BCUT2D eigenvalue weighted by Gasteiger charge is -2.09. The Morgan fingerprint density at radius 2 is 2.11 bits per heavy atom. The van der Waals surface area contributed by atoms with Crippen molar-refractivity contribution in [2.75, 3.05) is 12.4 Å². The molecule has 19 heavy (non-hydrogen) atoms. The number of halogens is 2. The van der Waals surface area contributed by atoms with Gasteiger partial charge in [-0.05, 0) is 18.2 Å². The standard InChI is InChI=1S/C13H13BrFN3O/c1-3-11-17-12(16-2)7-13(18-11)19-10-5-4-8(14)6-9(10)15/h4-7H,3H2,1-2H3,(H,16,17,18). The maximum Gasteiger partial charge on any atom is 0.224 e. The van der Waals surface area contributed by atoms with E-state index in [9.17, 15) is 4.39 Å². The van der Waals surface area contributed by atoms with E-state index in [4.69, 9.17) is 4.74 Å². The molecule has 1 aromatic heterocycles. The first-order chi connectivity index (χ1) is 9.12. The molecule has 0 aliphatic heterocycles. The summed E-state index contributed by atoms with van der Waals surface area (Å²) in [6, 6.07) is 6.22. The van der Waals surface area contributed by atoms with Crippen LogP contribution in [0.15, 0.2) is 28.7 Å². The van der Waals surface area contributed by atoms with Crippen LogP contribution in [-0.4, -0.2) is 17.0 Å². The second-order valence-corrected chi connectivity index (χ2v) is 4.70. The molecule has 2 rings (SSSR count). The highest BCUT2D eigenvalue weighted by Gasteiger charge is 2.08. The van der Waals surface area contributed by atoms with E-state index in [0.717, 1.165) is 0 Å². The number of nitrogens with one attached hydrogen (secondary N) is 1. The summed E-state index contributed by atoms with van der Waals surface area (Å²) in [5.74, 6) is 1.28. The van der Waals surface area contributed by atoms with Crippen LogP contribution in [0.5, 0.6) is 11.6 Å². The zero-order chi connectivity index (χ0) is 13.8. The first kappa shape index (κ1) is 13.7. The largest absolute Gasteiger partial charge is 0.436 e. The van der Waals surface area contributed by atoms with Crippen LogP contribution in [0.2, 0.25) is 0 Å².